The maximum Gasteiger partial charge on any atom is 0.225 e. The van der Waals surface area contributed by atoms with Gasteiger partial charge in [-0.05, 0) is 24.9 Å². The zero-order valence-electron chi connectivity index (χ0n) is 13.5. The van der Waals surface area contributed by atoms with Gasteiger partial charge in [-0.15, -0.1) is 0 Å². The predicted molar refractivity (Wildman–Crippen MR) is 77.9 cm³/mol. The molecule has 22 heavy (non-hydrogen) atoms. The lowest BCUT2D eigenvalue weighted by molar-refractivity contribution is 0.0992. The van der Waals surface area contributed by atoms with Crippen molar-refractivity contribution in [3.05, 3.63) is 29.1 Å². The third kappa shape index (κ3) is 3.51. The zero-order valence-corrected chi connectivity index (χ0v) is 14.5. The van der Waals surface area contributed by atoms with Gasteiger partial charge in [0, 0.05) is 11.3 Å². The molecule has 1 nitrogen and oxygen atoms in total. The summed E-state index contributed by atoms with van der Waals surface area (Å²) in [6.07, 6.45) is -0.336. The van der Waals surface area contributed by atoms with Crippen LogP contribution in [0.25, 0.3) is 0 Å². The van der Waals surface area contributed by atoms with Gasteiger partial charge >= 0.3 is 0 Å². The normalized spacial score (nSPS) is 12.8. The smallest absolute Gasteiger partial charge is 0.225 e. The minimum Gasteiger partial charge on any atom is -0.409 e. The van der Waals surface area contributed by atoms with Crippen LogP contribution < -0.4 is 5.19 Å². The summed E-state index contributed by atoms with van der Waals surface area (Å²) in [5, 5.41) is -0.810. The molecule has 0 spiro atoms. The van der Waals surface area contributed by atoms with Gasteiger partial charge in [-0.25, -0.2) is 22.0 Å². The van der Waals surface area contributed by atoms with Crippen molar-refractivity contribution in [1.29, 1.82) is 0 Å². The number of rotatable bonds is 5. The Bertz CT molecular complexity index is 520. The molecule has 7 heteroatoms. The highest BCUT2D eigenvalue weighted by Crippen LogP contribution is 2.25. The van der Waals surface area contributed by atoms with Crippen molar-refractivity contribution < 1.29 is 26.4 Å². The Morgan fingerprint density at radius 3 is 1.32 bits per heavy atom. The highest BCUT2D eigenvalue weighted by atomic mass is 28.4. The monoisotopic (exact) mass is 340 g/mol. The fourth-order valence-corrected chi connectivity index (χ4v) is 5.19. The van der Waals surface area contributed by atoms with E-state index in [1.54, 1.807) is 0 Å². The molecular formula is C15H21F5OSi. The van der Waals surface area contributed by atoms with Crippen LogP contribution in [0.4, 0.5) is 22.0 Å². The summed E-state index contributed by atoms with van der Waals surface area (Å²) in [6, 6.07) is 0. The van der Waals surface area contributed by atoms with Crippen LogP contribution in [0.2, 0.25) is 13.1 Å². The van der Waals surface area contributed by atoms with Gasteiger partial charge in [0.25, 0.3) is 0 Å². The Morgan fingerprint density at radius 1 is 0.682 bits per heavy atom. The van der Waals surface area contributed by atoms with Gasteiger partial charge in [-0.3, -0.25) is 0 Å². The molecule has 0 saturated heterocycles. The van der Waals surface area contributed by atoms with E-state index in [-0.39, 0.29) is 17.9 Å². The van der Waals surface area contributed by atoms with E-state index in [4.69, 9.17) is 4.43 Å². The van der Waals surface area contributed by atoms with E-state index < -0.39 is 42.6 Å². The summed E-state index contributed by atoms with van der Waals surface area (Å²) in [7, 11) is -3.34. The minimum absolute atomic E-state index is 0.0491. The Balaban J connectivity index is 3.40. The first-order chi connectivity index (χ1) is 9.91. The van der Waals surface area contributed by atoms with Crippen molar-refractivity contribution >= 4 is 13.5 Å². The molecule has 0 atom stereocenters. The average Bonchev–Trinajstić information content (AvgIpc) is 2.39. The van der Waals surface area contributed by atoms with Gasteiger partial charge in [0.15, 0.2) is 23.3 Å². The Morgan fingerprint density at radius 2 is 1.00 bits per heavy atom. The number of benzene rings is 1. The van der Waals surface area contributed by atoms with E-state index in [1.807, 2.05) is 27.7 Å². The number of halogens is 5. The first kappa shape index (κ1) is 19.1. The first-order valence-electron chi connectivity index (χ1n) is 7.11. The van der Waals surface area contributed by atoms with Crippen molar-refractivity contribution in [3.8, 4) is 0 Å². The minimum atomic E-state index is -3.34. The highest BCUT2D eigenvalue weighted by molar-refractivity contribution is 6.84. The molecule has 0 aliphatic heterocycles. The summed E-state index contributed by atoms with van der Waals surface area (Å²) < 4.78 is 73.8. The molecular weight excluding hydrogens is 319 g/mol. The van der Waals surface area contributed by atoms with Gasteiger partial charge in [-0.1, -0.05) is 27.7 Å². The third-order valence-corrected chi connectivity index (χ3v) is 6.06. The van der Waals surface area contributed by atoms with Gasteiger partial charge in [0.1, 0.15) is 0 Å². The topological polar surface area (TPSA) is 9.23 Å². The molecule has 1 aromatic carbocycles. The SMILES string of the molecule is CC(C)C(O[Si](C)(C)c1c(F)c(F)c(F)c(F)c1F)C(C)C. The molecule has 0 radical (unpaired) electrons. The van der Waals surface area contributed by atoms with Crippen molar-refractivity contribution in [1.82, 2.24) is 0 Å². The lowest BCUT2D eigenvalue weighted by Gasteiger charge is -2.34. The van der Waals surface area contributed by atoms with Crippen LogP contribution in [0.1, 0.15) is 27.7 Å². The molecule has 0 N–H and O–H groups in total. The van der Waals surface area contributed by atoms with Crippen LogP contribution in [0, 0.1) is 40.9 Å². The van der Waals surface area contributed by atoms with Crippen molar-refractivity contribution in [2.75, 3.05) is 0 Å². The van der Waals surface area contributed by atoms with E-state index in [1.165, 1.54) is 13.1 Å². The summed E-state index contributed by atoms with van der Waals surface area (Å²) >= 11 is 0. The van der Waals surface area contributed by atoms with Gasteiger partial charge in [-0.2, -0.15) is 0 Å². The molecule has 1 rings (SSSR count). The Labute approximate surface area is 128 Å². The summed E-state index contributed by atoms with van der Waals surface area (Å²) in [4.78, 5) is 0. The first-order valence-corrected chi connectivity index (χ1v) is 10.0. The van der Waals surface area contributed by atoms with E-state index >= 15 is 0 Å². The fourth-order valence-electron chi connectivity index (χ4n) is 2.57. The molecule has 0 heterocycles. The molecule has 0 bridgehead atoms. The molecule has 1 aromatic rings. The summed E-state index contributed by atoms with van der Waals surface area (Å²) in [5.41, 5.74) is 0. The fraction of sp³-hybridized carbons (Fsp3) is 0.600. The lowest BCUT2D eigenvalue weighted by Crippen LogP contribution is -2.53. The summed E-state index contributed by atoms with van der Waals surface area (Å²) in [6.45, 7) is 10.4. The standard InChI is InChI=1S/C15H21F5OSi/c1-7(2)14(8(3)4)21-22(5,6)15-12(19)10(17)9(16)11(18)13(15)20/h7-8,14H,1-6H3. The van der Waals surface area contributed by atoms with Crippen LogP contribution in [0.5, 0.6) is 0 Å². The van der Waals surface area contributed by atoms with Crippen LogP contribution in [0.3, 0.4) is 0 Å². The van der Waals surface area contributed by atoms with Crippen molar-refractivity contribution in [2.24, 2.45) is 11.8 Å². The van der Waals surface area contributed by atoms with Crippen LogP contribution >= 0.6 is 0 Å². The van der Waals surface area contributed by atoms with Gasteiger partial charge in [0.2, 0.25) is 14.1 Å². The van der Waals surface area contributed by atoms with Crippen LogP contribution in [-0.2, 0) is 4.43 Å². The molecule has 0 unspecified atom stereocenters. The highest BCUT2D eigenvalue weighted by Gasteiger charge is 2.40. The second kappa shape index (κ2) is 6.66. The van der Waals surface area contributed by atoms with E-state index in [9.17, 15) is 22.0 Å². The molecule has 0 aliphatic rings. The molecule has 126 valence electrons. The Kier molecular flexibility index (Phi) is 5.78. The number of hydrogen-bond acceptors (Lipinski definition) is 1. The predicted octanol–water partition coefficient (Wildman–Crippen LogP) is 4.49. The number of hydrogen-bond donors (Lipinski definition) is 0. The second-order valence-electron chi connectivity index (χ2n) is 6.53. The van der Waals surface area contributed by atoms with Gasteiger partial charge in [0.05, 0.1) is 0 Å². The Hall–Kier alpha value is -0.953. The van der Waals surface area contributed by atoms with Crippen molar-refractivity contribution in [2.45, 2.75) is 46.9 Å². The maximum absolute atomic E-state index is 14.0. The largest absolute Gasteiger partial charge is 0.409 e. The molecule has 0 fully saturated rings. The zero-order chi connectivity index (χ0) is 17.4. The van der Waals surface area contributed by atoms with Crippen molar-refractivity contribution in [3.63, 3.8) is 0 Å². The lowest BCUT2D eigenvalue weighted by atomic mass is 9.97. The van der Waals surface area contributed by atoms with E-state index in [0.29, 0.717) is 0 Å². The van der Waals surface area contributed by atoms with E-state index in [0.717, 1.165) is 0 Å². The van der Waals surface area contributed by atoms with E-state index in [2.05, 4.69) is 0 Å². The quantitative estimate of drug-likeness (QED) is 0.332. The molecule has 0 amide bonds. The molecule has 0 aromatic heterocycles. The third-order valence-electron chi connectivity index (χ3n) is 3.56. The molecule has 0 saturated carbocycles. The molecule has 0 aliphatic carbocycles. The van der Waals surface area contributed by atoms with Gasteiger partial charge < -0.3 is 4.43 Å². The van der Waals surface area contributed by atoms with Crippen LogP contribution in [0.15, 0.2) is 0 Å². The maximum atomic E-state index is 14.0. The van der Waals surface area contributed by atoms with Crippen LogP contribution in [-0.4, -0.2) is 14.4 Å². The summed E-state index contributed by atoms with van der Waals surface area (Å²) in [5.74, 6) is -9.49. The second-order valence-corrected chi connectivity index (χ2v) is 10.3. The average molecular weight is 340 g/mol.